The zero-order valence-corrected chi connectivity index (χ0v) is 13.3. The van der Waals surface area contributed by atoms with Crippen LogP contribution in [0.25, 0.3) is 11.3 Å². The lowest BCUT2D eigenvalue weighted by molar-refractivity contribution is 0.719. The van der Waals surface area contributed by atoms with E-state index in [0.717, 1.165) is 40.0 Å². The van der Waals surface area contributed by atoms with E-state index in [0.29, 0.717) is 6.54 Å². The average molecular weight is 321 g/mol. The topological polar surface area (TPSA) is 55.4 Å². The molecule has 0 spiro atoms. The van der Waals surface area contributed by atoms with Gasteiger partial charge in [0.2, 0.25) is 0 Å². The maximum Gasteiger partial charge on any atom is 0.168 e. The summed E-state index contributed by atoms with van der Waals surface area (Å²) < 4.78 is 2.21. The molecule has 1 aromatic carbocycles. The van der Waals surface area contributed by atoms with Gasteiger partial charge in [0.05, 0.1) is 17.9 Å². The van der Waals surface area contributed by atoms with Crippen molar-refractivity contribution in [3.05, 3.63) is 60.6 Å². The van der Waals surface area contributed by atoms with Gasteiger partial charge in [-0.3, -0.25) is 4.98 Å². The maximum absolute atomic E-state index is 4.66. The second-order valence-corrected chi connectivity index (χ2v) is 6.31. The summed E-state index contributed by atoms with van der Waals surface area (Å²) in [6.07, 6.45) is 5.65. The molecular formula is C17H15N5S. The molecule has 0 saturated heterocycles. The van der Waals surface area contributed by atoms with E-state index < -0.39 is 0 Å². The Kier molecular flexibility index (Phi) is 3.90. The lowest BCUT2D eigenvalue weighted by Crippen LogP contribution is -1.89. The standard InChI is InChI=1S/C17H15N5S/c1-3-15(21-19-11-13-5-7-18-8-6-13)4-2-14(1)16-12-22-9-10-23-17(22)20-16/h1-8,12H,9-11H2. The minimum atomic E-state index is 0.565. The number of pyridine rings is 1. The number of benzene rings is 1. The van der Waals surface area contributed by atoms with Crippen molar-refractivity contribution in [1.82, 2.24) is 14.5 Å². The first kappa shape index (κ1) is 14.1. The Hall–Kier alpha value is -2.47. The summed E-state index contributed by atoms with van der Waals surface area (Å²) in [5, 5.41) is 9.60. The third kappa shape index (κ3) is 3.17. The van der Waals surface area contributed by atoms with E-state index in [1.54, 1.807) is 12.4 Å². The predicted molar refractivity (Wildman–Crippen MR) is 90.8 cm³/mol. The fourth-order valence-corrected chi connectivity index (χ4v) is 3.38. The Morgan fingerprint density at radius 1 is 1.09 bits per heavy atom. The summed E-state index contributed by atoms with van der Waals surface area (Å²) in [6, 6.07) is 11.9. The lowest BCUT2D eigenvalue weighted by Gasteiger charge is -1.98. The van der Waals surface area contributed by atoms with E-state index >= 15 is 0 Å². The van der Waals surface area contributed by atoms with Crippen LogP contribution in [0.2, 0.25) is 0 Å². The molecule has 1 aliphatic rings. The summed E-state index contributed by atoms with van der Waals surface area (Å²) in [6.45, 7) is 1.61. The molecule has 6 heteroatoms. The van der Waals surface area contributed by atoms with Gasteiger partial charge in [0.25, 0.3) is 0 Å². The van der Waals surface area contributed by atoms with Crippen LogP contribution in [-0.4, -0.2) is 20.3 Å². The molecule has 0 unspecified atom stereocenters. The molecule has 0 amide bonds. The van der Waals surface area contributed by atoms with Crippen molar-refractivity contribution in [1.29, 1.82) is 0 Å². The first-order valence-electron chi connectivity index (χ1n) is 7.45. The number of aryl methyl sites for hydroxylation is 1. The van der Waals surface area contributed by atoms with Crippen LogP contribution in [-0.2, 0) is 13.1 Å². The van der Waals surface area contributed by atoms with E-state index in [1.807, 2.05) is 48.2 Å². The first-order valence-corrected chi connectivity index (χ1v) is 8.44. The molecule has 0 fully saturated rings. The minimum Gasteiger partial charge on any atom is -0.325 e. The van der Waals surface area contributed by atoms with Crippen LogP contribution in [0.4, 0.5) is 5.69 Å². The number of imidazole rings is 1. The van der Waals surface area contributed by atoms with E-state index in [9.17, 15) is 0 Å². The van der Waals surface area contributed by atoms with Crippen LogP contribution in [0.1, 0.15) is 5.56 Å². The number of fused-ring (bicyclic) bond motifs is 1. The molecule has 0 N–H and O–H groups in total. The van der Waals surface area contributed by atoms with Crippen molar-refractivity contribution in [2.75, 3.05) is 5.75 Å². The Labute approximate surface area is 138 Å². The van der Waals surface area contributed by atoms with Gasteiger partial charge in [-0.05, 0) is 29.8 Å². The van der Waals surface area contributed by atoms with E-state index in [2.05, 4.69) is 31.0 Å². The molecule has 0 radical (unpaired) electrons. The van der Waals surface area contributed by atoms with Gasteiger partial charge >= 0.3 is 0 Å². The van der Waals surface area contributed by atoms with Crippen LogP contribution in [0.15, 0.2) is 70.4 Å². The largest absolute Gasteiger partial charge is 0.325 e. The summed E-state index contributed by atoms with van der Waals surface area (Å²) >= 11 is 1.81. The molecule has 0 bridgehead atoms. The monoisotopic (exact) mass is 321 g/mol. The molecule has 3 heterocycles. The summed E-state index contributed by atoms with van der Waals surface area (Å²) in [5.41, 5.74) is 4.09. The highest BCUT2D eigenvalue weighted by atomic mass is 32.2. The maximum atomic E-state index is 4.66. The molecular weight excluding hydrogens is 306 g/mol. The van der Waals surface area contributed by atoms with Gasteiger partial charge in [0, 0.05) is 36.5 Å². The van der Waals surface area contributed by atoms with Crippen molar-refractivity contribution in [2.24, 2.45) is 10.2 Å². The van der Waals surface area contributed by atoms with Gasteiger partial charge in [0.1, 0.15) is 0 Å². The fourth-order valence-electron chi connectivity index (χ4n) is 2.43. The number of thioether (sulfide) groups is 1. The molecule has 0 saturated carbocycles. The summed E-state index contributed by atoms with van der Waals surface area (Å²) in [7, 11) is 0. The normalized spacial score (nSPS) is 13.6. The van der Waals surface area contributed by atoms with Crippen molar-refractivity contribution < 1.29 is 0 Å². The zero-order chi connectivity index (χ0) is 15.5. The highest BCUT2D eigenvalue weighted by molar-refractivity contribution is 7.99. The summed E-state index contributed by atoms with van der Waals surface area (Å²) in [4.78, 5) is 8.65. The molecule has 2 aromatic heterocycles. The first-order chi connectivity index (χ1) is 11.4. The van der Waals surface area contributed by atoms with Crippen LogP contribution in [0.5, 0.6) is 0 Å². The average Bonchev–Trinajstić information content (AvgIpc) is 3.18. The van der Waals surface area contributed by atoms with E-state index in [-0.39, 0.29) is 0 Å². The van der Waals surface area contributed by atoms with E-state index in [4.69, 9.17) is 0 Å². The van der Waals surface area contributed by atoms with Crippen molar-refractivity contribution in [2.45, 2.75) is 18.2 Å². The van der Waals surface area contributed by atoms with Crippen LogP contribution in [0.3, 0.4) is 0 Å². The molecule has 1 aliphatic heterocycles. The van der Waals surface area contributed by atoms with Gasteiger partial charge in [-0.15, -0.1) is 0 Å². The number of nitrogens with zero attached hydrogens (tertiary/aromatic N) is 5. The number of hydrogen-bond acceptors (Lipinski definition) is 5. The second kappa shape index (κ2) is 6.34. The third-order valence-corrected chi connectivity index (χ3v) is 4.63. The minimum absolute atomic E-state index is 0.565. The van der Waals surface area contributed by atoms with Gasteiger partial charge < -0.3 is 4.57 Å². The summed E-state index contributed by atoms with van der Waals surface area (Å²) in [5.74, 6) is 1.12. The van der Waals surface area contributed by atoms with Gasteiger partial charge in [-0.2, -0.15) is 10.2 Å². The number of hydrogen-bond donors (Lipinski definition) is 0. The molecule has 0 atom stereocenters. The van der Waals surface area contributed by atoms with Gasteiger partial charge in [0.15, 0.2) is 5.16 Å². The van der Waals surface area contributed by atoms with Crippen molar-refractivity contribution in [3.63, 3.8) is 0 Å². The van der Waals surface area contributed by atoms with Crippen LogP contribution in [0, 0.1) is 0 Å². The second-order valence-electron chi connectivity index (χ2n) is 5.25. The molecule has 114 valence electrons. The highest BCUT2D eigenvalue weighted by Crippen LogP contribution is 2.29. The molecule has 0 aliphatic carbocycles. The Balaban J connectivity index is 1.45. The Bertz CT molecular complexity index is 802. The predicted octanol–water partition coefficient (Wildman–Crippen LogP) is 4.33. The van der Waals surface area contributed by atoms with Gasteiger partial charge in [-0.25, -0.2) is 4.98 Å². The number of rotatable bonds is 4. The molecule has 4 rings (SSSR count). The Morgan fingerprint density at radius 2 is 1.91 bits per heavy atom. The van der Waals surface area contributed by atoms with Crippen molar-refractivity contribution in [3.8, 4) is 11.3 Å². The zero-order valence-electron chi connectivity index (χ0n) is 12.5. The van der Waals surface area contributed by atoms with Gasteiger partial charge in [-0.1, -0.05) is 23.9 Å². The van der Waals surface area contributed by atoms with Crippen LogP contribution >= 0.6 is 11.8 Å². The number of aromatic nitrogens is 3. The van der Waals surface area contributed by atoms with E-state index in [1.165, 1.54) is 0 Å². The fraction of sp³-hybridized carbons (Fsp3) is 0.176. The molecule has 3 aromatic rings. The third-order valence-electron chi connectivity index (χ3n) is 3.66. The quantitative estimate of drug-likeness (QED) is 0.672. The number of azo groups is 1. The molecule has 23 heavy (non-hydrogen) atoms. The van der Waals surface area contributed by atoms with Crippen molar-refractivity contribution >= 4 is 17.4 Å². The Morgan fingerprint density at radius 3 is 2.70 bits per heavy atom. The SMILES string of the molecule is c1cc(CN=Nc2ccc(-c3cn4c(n3)SCC4)cc2)ccn1. The smallest absolute Gasteiger partial charge is 0.168 e. The molecule has 5 nitrogen and oxygen atoms in total. The van der Waals surface area contributed by atoms with Crippen LogP contribution < -0.4 is 0 Å². The lowest BCUT2D eigenvalue weighted by atomic mass is 10.1. The highest BCUT2D eigenvalue weighted by Gasteiger charge is 2.14.